The number of fused-ring (bicyclic) bond motifs is 1. The molecule has 0 spiro atoms. The van der Waals surface area contributed by atoms with E-state index >= 15 is 0 Å². The molecule has 5 nitrogen and oxygen atoms in total. The smallest absolute Gasteiger partial charge is 0.153 e. The maximum absolute atomic E-state index is 4.91. The van der Waals surface area contributed by atoms with Crippen LogP contribution in [0.5, 0.6) is 0 Å². The summed E-state index contributed by atoms with van der Waals surface area (Å²) in [6.07, 6.45) is 2.78. The number of pyridine rings is 1. The van der Waals surface area contributed by atoms with Gasteiger partial charge in [0.05, 0.1) is 11.4 Å². The fourth-order valence-electron chi connectivity index (χ4n) is 3.17. The molecular weight excluding hydrogens is 298 g/mol. The van der Waals surface area contributed by atoms with Crippen molar-refractivity contribution in [2.45, 2.75) is 13.0 Å². The van der Waals surface area contributed by atoms with Gasteiger partial charge in [0.2, 0.25) is 0 Å². The fraction of sp³-hybridized carbons (Fsp3) is 0.263. The topological polar surface area (TPSA) is 46.0 Å². The highest BCUT2D eigenvalue weighted by Gasteiger charge is 2.22. The number of hydrogen-bond acceptors (Lipinski definition) is 4. The third kappa shape index (κ3) is 2.57. The summed E-state index contributed by atoms with van der Waals surface area (Å²) in [5.74, 6) is 0.881. The van der Waals surface area contributed by atoms with Gasteiger partial charge in [-0.1, -0.05) is 18.2 Å². The van der Waals surface area contributed by atoms with E-state index in [-0.39, 0.29) is 0 Å². The molecule has 4 rings (SSSR count). The van der Waals surface area contributed by atoms with Gasteiger partial charge in [0.25, 0.3) is 0 Å². The van der Waals surface area contributed by atoms with Gasteiger partial charge in [-0.2, -0.15) is 5.10 Å². The van der Waals surface area contributed by atoms with Crippen LogP contribution < -0.4 is 10.2 Å². The molecule has 0 fully saturated rings. The molecule has 0 atom stereocenters. The number of aromatic nitrogens is 3. The number of rotatable bonds is 3. The van der Waals surface area contributed by atoms with Crippen molar-refractivity contribution in [2.75, 3.05) is 25.5 Å². The lowest BCUT2D eigenvalue weighted by Crippen LogP contribution is -2.24. The average Bonchev–Trinajstić information content (AvgIpc) is 3.02. The second-order valence-corrected chi connectivity index (χ2v) is 6.24. The third-order valence-corrected chi connectivity index (χ3v) is 4.45. The molecule has 1 aliphatic rings. The van der Waals surface area contributed by atoms with Crippen LogP contribution in [-0.4, -0.2) is 35.4 Å². The van der Waals surface area contributed by atoms with Crippen molar-refractivity contribution in [3.63, 3.8) is 0 Å². The second kappa shape index (κ2) is 6.09. The quantitative estimate of drug-likeness (QED) is 0.806. The lowest BCUT2D eigenvalue weighted by atomic mass is 10.0. The van der Waals surface area contributed by atoms with E-state index in [0.717, 1.165) is 36.6 Å². The Labute approximate surface area is 142 Å². The van der Waals surface area contributed by atoms with E-state index in [1.54, 1.807) is 0 Å². The number of nitrogens with one attached hydrogen (secondary N) is 1. The Bertz CT molecular complexity index is 834. The highest BCUT2D eigenvalue weighted by Crippen LogP contribution is 2.30. The van der Waals surface area contributed by atoms with Crippen molar-refractivity contribution in [1.82, 2.24) is 20.1 Å². The molecule has 122 valence electrons. The minimum absolute atomic E-state index is 0.854. The molecule has 0 unspecified atom stereocenters. The van der Waals surface area contributed by atoms with E-state index in [1.165, 1.54) is 16.9 Å². The first-order valence-electron chi connectivity index (χ1n) is 8.24. The Morgan fingerprint density at radius 3 is 2.62 bits per heavy atom. The zero-order valence-corrected chi connectivity index (χ0v) is 14.0. The summed E-state index contributed by atoms with van der Waals surface area (Å²) >= 11 is 0. The highest BCUT2D eigenvalue weighted by molar-refractivity contribution is 5.67. The number of nitrogens with zero attached hydrogens (tertiary/aromatic N) is 4. The Balaban J connectivity index is 1.82. The van der Waals surface area contributed by atoms with Gasteiger partial charge in [-0.15, -0.1) is 0 Å². The van der Waals surface area contributed by atoms with Gasteiger partial charge in [0.1, 0.15) is 0 Å². The lowest BCUT2D eigenvalue weighted by molar-refractivity contribution is 0.620. The van der Waals surface area contributed by atoms with Gasteiger partial charge >= 0.3 is 0 Å². The third-order valence-electron chi connectivity index (χ3n) is 4.45. The van der Waals surface area contributed by atoms with E-state index in [0.29, 0.717) is 0 Å². The lowest BCUT2D eigenvalue weighted by Gasteiger charge is -2.15. The first-order chi connectivity index (χ1) is 11.7. The summed E-state index contributed by atoms with van der Waals surface area (Å²) in [4.78, 5) is 6.58. The van der Waals surface area contributed by atoms with Crippen LogP contribution in [0.1, 0.15) is 11.3 Å². The van der Waals surface area contributed by atoms with Gasteiger partial charge in [0, 0.05) is 56.6 Å². The Kier molecular flexibility index (Phi) is 3.78. The standard InChI is InChI=1S/C19H21N5/c1-23(2)15-8-6-14(7-9-15)19-16-13-20-12-10-17(16)24(22-19)18-5-3-4-11-21-18/h3-9,11,20H,10,12-13H2,1-2H3. The molecule has 0 aliphatic carbocycles. The molecule has 0 saturated heterocycles. The zero-order chi connectivity index (χ0) is 16.5. The summed E-state index contributed by atoms with van der Waals surface area (Å²) < 4.78 is 2.01. The minimum atomic E-state index is 0.854. The van der Waals surface area contributed by atoms with Crippen LogP contribution in [0.15, 0.2) is 48.7 Å². The van der Waals surface area contributed by atoms with Gasteiger partial charge in [0.15, 0.2) is 5.82 Å². The van der Waals surface area contributed by atoms with E-state index in [4.69, 9.17) is 5.10 Å². The van der Waals surface area contributed by atoms with Gasteiger partial charge < -0.3 is 10.2 Å². The Morgan fingerprint density at radius 1 is 1.08 bits per heavy atom. The fourth-order valence-corrected chi connectivity index (χ4v) is 3.17. The molecule has 5 heteroatoms. The first-order valence-corrected chi connectivity index (χ1v) is 8.24. The molecule has 2 aromatic heterocycles. The number of hydrogen-bond donors (Lipinski definition) is 1. The van der Waals surface area contributed by atoms with Crippen LogP contribution in [0.4, 0.5) is 5.69 Å². The molecule has 1 aliphatic heterocycles. The number of benzene rings is 1. The summed E-state index contributed by atoms with van der Waals surface area (Å²) in [6, 6.07) is 14.5. The SMILES string of the molecule is CN(C)c1ccc(-c2nn(-c3ccccn3)c3c2CNCC3)cc1. The van der Waals surface area contributed by atoms with Gasteiger partial charge in [-0.3, -0.25) is 0 Å². The maximum Gasteiger partial charge on any atom is 0.153 e. The zero-order valence-electron chi connectivity index (χ0n) is 14.0. The van der Waals surface area contributed by atoms with Crippen LogP contribution in [0, 0.1) is 0 Å². The van der Waals surface area contributed by atoms with E-state index in [1.807, 2.05) is 29.1 Å². The van der Waals surface area contributed by atoms with E-state index in [9.17, 15) is 0 Å². The normalized spacial score (nSPS) is 13.6. The van der Waals surface area contributed by atoms with Crippen molar-refractivity contribution >= 4 is 5.69 Å². The van der Waals surface area contributed by atoms with E-state index < -0.39 is 0 Å². The maximum atomic E-state index is 4.91. The summed E-state index contributed by atoms with van der Waals surface area (Å²) in [6.45, 7) is 1.83. The molecule has 0 amide bonds. The molecule has 3 heterocycles. The largest absolute Gasteiger partial charge is 0.378 e. The summed E-state index contributed by atoms with van der Waals surface area (Å²) in [7, 11) is 4.10. The Hall–Kier alpha value is -2.66. The molecule has 1 N–H and O–H groups in total. The predicted molar refractivity (Wildman–Crippen MR) is 96.5 cm³/mol. The van der Waals surface area contributed by atoms with Crippen LogP contribution in [-0.2, 0) is 13.0 Å². The van der Waals surface area contributed by atoms with Crippen LogP contribution in [0.2, 0.25) is 0 Å². The van der Waals surface area contributed by atoms with Crippen molar-refractivity contribution in [1.29, 1.82) is 0 Å². The molecule has 24 heavy (non-hydrogen) atoms. The highest BCUT2D eigenvalue weighted by atomic mass is 15.3. The van der Waals surface area contributed by atoms with Crippen molar-refractivity contribution in [2.24, 2.45) is 0 Å². The van der Waals surface area contributed by atoms with Crippen LogP contribution in [0.3, 0.4) is 0 Å². The second-order valence-electron chi connectivity index (χ2n) is 6.24. The molecule has 0 bridgehead atoms. The first kappa shape index (κ1) is 14.9. The minimum Gasteiger partial charge on any atom is -0.378 e. The van der Waals surface area contributed by atoms with Gasteiger partial charge in [-0.05, 0) is 24.3 Å². The van der Waals surface area contributed by atoms with Gasteiger partial charge in [-0.25, -0.2) is 9.67 Å². The summed E-state index contributed by atoms with van der Waals surface area (Å²) in [5.41, 5.74) is 5.93. The van der Waals surface area contributed by atoms with Crippen LogP contribution >= 0.6 is 0 Å². The molecule has 3 aromatic rings. The molecular formula is C19H21N5. The number of anilines is 1. The molecule has 1 aromatic carbocycles. The molecule has 0 radical (unpaired) electrons. The monoisotopic (exact) mass is 319 g/mol. The van der Waals surface area contributed by atoms with Crippen molar-refractivity contribution < 1.29 is 0 Å². The Morgan fingerprint density at radius 2 is 1.92 bits per heavy atom. The van der Waals surface area contributed by atoms with Crippen LogP contribution in [0.25, 0.3) is 17.1 Å². The summed E-state index contributed by atoms with van der Waals surface area (Å²) in [5, 5.41) is 8.37. The van der Waals surface area contributed by atoms with E-state index in [2.05, 4.69) is 53.6 Å². The molecule has 0 saturated carbocycles. The van der Waals surface area contributed by atoms with Crippen molar-refractivity contribution in [3.05, 3.63) is 59.9 Å². The average molecular weight is 319 g/mol. The van der Waals surface area contributed by atoms with Crippen molar-refractivity contribution in [3.8, 4) is 17.1 Å². The predicted octanol–water partition coefficient (Wildman–Crippen LogP) is 2.65.